The lowest BCUT2D eigenvalue weighted by molar-refractivity contribution is 0.432. The molecule has 2 aliphatic heterocycles. The Bertz CT molecular complexity index is 894. The number of hydrogen-bond donors (Lipinski definition) is 2. The zero-order valence-corrected chi connectivity index (χ0v) is 14.8. The molecule has 0 radical (unpaired) electrons. The summed E-state index contributed by atoms with van der Waals surface area (Å²) >= 11 is 6.22. The van der Waals surface area contributed by atoms with Crippen LogP contribution in [0.5, 0.6) is 0 Å². The van der Waals surface area contributed by atoms with Crippen LogP contribution in [0.4, 0.5) is 5.69 Å². The fourth-order valence-corrected chi connectivity index (χ4v) is 3.55. The van der Waals surface area contributed by atoms with Gasteiger partial charge in [-0.15, -0.1) is 0 Å². The third-order valence-corrected chi connectivity index (χ3v) is 4.74. The molecule has 2 heterocycles. The summed E-state index contributed by atoms with van der Waals surface area (Å²) in [6.07, 6.45) is 7.60. The molecule has 0 saturated carbocycles. The highest BCUT2D eigenvalue weighted by Crippen LogP contribution is 2.33. The maximum absolute atomic E-state index is 6.22. The van der Waals surface area contributed by atoms with Gasteiger partial charge in [0.15, 0.2) is 0 Å². The highest BCUT2D eigenvalue weighted by molar-refractivity contribution is 6.30. The Balaban J connectivity index is 1.70. The summed E-state index contributed by atoms with van der Waals surface area (Å²) < 4.78 is 0. The first-order valence-corrected chi connectivity index (χ1v) is 8.71. The molecule has 126 valence electrons. The van der Waals surface area contributed by atoms with Crippen LogP contribution in [0.1, 0.15) is 18.1 Å². The van der Waals surface area contributed by atoms with Gasteiger partial charge in [0.2, 0.25) is 0 Å². The van der Waals surface area contributed by atoms with Gasteiger partial charge in [0.25, 0.3) is 0 Å². The molecule has 2 aliphatic rings. The Kier molecular flexibility index (Phi) is 4.02. The topological polar surface area (TPSA) is 41.3 Å². The van der Waals surface area contributed by atoms with E-state index in [1.54, 1.807) is 0 Å². The van der Waals surface area contributed by atoms with Crippen molar-refractivity contribution in [2.24, 2.45) is 0 Å². The predicted molar refractivity (Wildman–Crippen MR) is 105 cm³/mol. The zero-order valence-electron chi connectivity index (χ0n) is 14.0. The number of anilines is 1. The van der Waals surface area contributed by atoms with Crippen LogP contribution in [0.25, 0.3) is 5.57 Å². The molecule has 1 unspecified atom stereocenters. The van der Waals surface area contributed by atoms with Crippen LogP contribution in [0.15, 0.2) is 78.3 Å². The van der Waals surface area contributed by atoms with Gasteiger partial charge in [-0.2, -0.15) is 0 Å². The van der Waals surface area contributed by atoms with Crippen molar-refractivity contribution in [3.8, 4) is 0 Å². The van der Waals surface area contributed by atoms with E-state index in [1.165, 1.54) is 16.7 Å². The quantitative estimate of drug-likeness (QED) is 0.799. The molecule has 0 aromatic heterocycles. The summed E-state index contributed by atoms with van der Waals surface area (Å²) in [6.45, 7) is 2.08. The average molecular weight is 350 g/mol. The summed E-state index contributed by atoms with van der Waals surface area (Å²) in [4.78, 5) is 2.23. The molecule has 4 heteroatoms. The maximum atomic E-state index is 6.22. The van der Waals surface area contributed by atoms with E-state index >= 15 is 0 Å². The number of fused-ring (bicyclic) bond motifs is 1. The molecule has 25 heavy (non-hydrogen) atoms. The minimum Gasteiger partial charge on any atom is -0.399 e. The van der Waals surface area contributed by atoms with Crippen LogP contribution < -0.4 is 11.1 Å². The second-order valence-electron chi connectivity index (χ2n) is 6.54. The summed E-state index contributed by atoms with van der Waals surface area (Å²) in [6, 6.07) is 16.1. The van der Waals surface area contributed by atoms with E-state index < -0.39 is 0 Å². The van der Waals surface area contributed by atoms with Gasteiger partial charge in [-0.05, 0) is 60.4 Å². The minimum atomic E-state index is 0.119. The fraction of sp³-hybridized carbons (Fsp3) is 0.143. The number of nitrogen functional groups attached to an aromatic ring is 1. The Morgan fingerprint density at radius 3 is 2.68 bits per heavy atom. The Labute approximate surface area is 153 Å². The number of rotatable bonds is 3. The molecule has 0 spiro atoms. The van der Waals surface area contributed by atoms with E-state index in [0.29, 0.717) is 0 Å². The summed E-state index contributed by atoms with van der Waals surface area (Å²) in [7, 11) is 0. The van der Waals surface area contributed by atoms with E-state index in [-0.39, 0.29) is 6.17 Å². The summed E-state index contributed by atoms with van der Waals surface area (Å²) in [5.74, 6) is 0. The van der Waals surface area contributed by atoms with Gasteiger partial charge in [0.1, 0.15) is 6.17 Å². The molecule has 0 aliphatic carbocycles. The first-order chi connectivity index (χ1) is 12.1. The van der Waals surface area contributed by atoms with Gasteiger partial charge in [-0.25, -0.2) is 0 Å². The van der Waals surface area contributed by atoms with Crippen molar-refractivity contribution in [3.63, 3.8) is 0 Å². The Morgan fingerprint density at radius 2 is 1.92 bits per heavy atom. The molecular formula is C21H20ClN3. The minimum absolute atomic E-state index is 0.119. The Morgan fingerprint density at radius 1 is 1.12 bits per heavy atom. The van der Waals surface area contributed by atoms with E-state index in [2.05, 4.69) is 53.8 Å². The fourth-order valence-electron chi connectivity index (χ4n) is 3.36. The normalized spacial score (nSPS) is 18.9. The number of halogens is 1. The van der Waals surface area contributed by atoms with E-state index in [4.69, 9.17) is 17.3 Å². The molecule has 0 bridgehead atoms. The van der Waals surface area contributed by atoms with Gasteiger partial charge in [0, 0.05) is 34.4 Å². The molecule has 2 aromatic carbocycles. The third-order valence-electron chi connectivity index (χ3n) is 4.50. The van der Waals surface area contributed by atoms with Crippen molar-refractivity contribution >= 4 is 22.9 Å². The predicted octanol–water partition coefficient (Wildman–Crippen LogP) is 4.54. The average Bonchev–Trinajstić information content (AvgIpc) is 2.96. The van der Waals surface area contributed by atoms with Crippen molar-refractivity contribution < 1.29 is 0 Å². The molecule has 2 aromatic rings. The van der Waals surface area contributed by atoms with Gasteiger partial charge < -0.3 is 16.0 Å². The lowest BCUT2D eigenvalue weighted by Gasteiger charge is -2.30. The first-order valence-electron chi connectivity index (χ1n) is 8.33. The van der Waals surface area contributed by atoms with Gasteiger partial charge >= 0.3 is 0 Å². The molecule has 3 N–H and O–H groups in total. The van der Waals surface area contributed by atoms with Crippen molar-refractivity contribution in [1.29, 1.82) is 0 Å². The largest absolute Gasteiger partial charge is 0.399 e. The van der Waals surface area contributed by atoms with Crippen LogP contribution in [0.3, 0.4) is 0 Å². The van der Waals surface area contributed by atoms with Crippen LogP contribution >= 0.6 is 11.6 Å². The van der Waals surface area contributed by atoms with Crippen molar-refractivity contribution in [1.82, 2.24) is 10.2 Å². The molecular weight excluding hydrogens is 330 g/mol. The van der Waals surface area contributed by atoms with Crippen molar-refractivity contribution in [2.45, 2.75) is 19.5 Å². The Hall–Kier alpha value is -2.65. The lowest BCUT2D eigenvalue weighted by atomic mass is 9.94. The second kappa shape index (κ2) is 6.34. The monoisotopic (exact) mass is 349 g/mol. The van der Waals surface area contributed by atoms with Crippen molar-refractivity contribution in [2.75, 3.05) is 5.73 Å². The smallest absolute Gasteiger partial charge is 0.129 e. The summed E-state index contributed by atoms with van der Waals surface area (Å²) in [5.41, 5.74) is 12.6. The van der Waals surface area contributed by atoms with Crippen molar-refractivity contribution in [3.05, 3.63) is 94.4 Å². The SMILES string of the molecule is CC1=CN2C=C(Cc3ccc(N)cc3)C=C(c3cccc(Cl)c3)C2N1. The highest BCUT2D eigenvalue weighted by Gasteiger charge is 2.28. The second-order valence-corrected chi connectivity index (χ2v) is 6.98. The summed E-state index contributed by atoms with van der Waals surface area (Å²) in [5, 5.41) is 4.28. The standard InChI is InChI=1S/C21H20ClN3/c1-14-12-25-13-16(9-15-5-7-19(23)8-6-15)10-20(21(25)24-14)17-3-2-4-18(22)11-17/h2-8,10-13,21,24H,9,23H2,1H3. The zero-order chi connectivity index (χ0) is 17.4. The lowest BCUT2D eigenvalue weighted by Crippen LogP contribution is -2.36. The maximum Gasteiger partial charge on any atom is 0.129 e. The van der Waals surface area contributed by atoms with E-state index in [1.807, 2.05) is 30.3 Å². The van der Waals surface area contributed by atoms with Crippen LogP contribution in [-0.2, 0) is 6.42 Å². The van der Waals surface area contributed by atoms with Gasteiger partial charge in [0.05, 0.1) is 0 Å². The highest BCUT2D eigenvalue weighted by atomic mass is 35.5. The van der Waals surface area contributed by atoms with E-state index in [0.717, 1.165) is 28.4 Å². The number of nitrogens with two attached hydrogens (primary N) is 1. The molecule has 0 amide bonds. The molecule has 0 fully saturated rings. The molecule has 4 rings (SSSR count). The molecule has 0 saturated heterocycles. The molecule has 3 nitrogen and oxygen atoms in total. The van der Waals surface area contributed by atoms with Crippen LogP contribution in [-0.4, -0.2) is 11.1 Å². The van der Waals surface area contributed by atoms with Gasteiger partial charge in [-0.1, -0.05) is 35.9 Å². The van der Waals surface area contributed by atoms with E-state index in [9.17, 15) is 0 Å². The van der Waals surface area contributed by atoms with Gasteiger partial charge in [-0.3, -0.25) is 0 Å². The number of hydrogen-bond acceptors (Lipinski definition) is 3. The number of benzene rings is 2. The molecule has 1 atom stereocenters. The third kappa shape index (κ3) is 3.28. The first kappa shape index (κ1) is 15.9. The number of nitrogens with one attached hydrogen (secondary N) is 1. The van der Waals surface area contributed by atoms with Crippen LogP contribution in [0.2, 0.25) is 5.02 Å². The number of allylic oxidation sites excluding steroid dienone is 3. The van der Waals surface area contributed by atoms with Crippen LogP contribution in [0, 0.1) is 0 Å². The number of nitrogens with zero attached hydrogens (tertiary/aromatic N) is 1.